The Morgan fingerprint density at radius 3 is 2.61 bits per heavy atom. The summed E-state index contributed by atoms with van der Waals surface area (Å²) in [5.74, 6) is 0.507. The molecule has 1 N–H and O–H groups in total. The van der Waals surface area contributed by atoms with E-state index in [2.05, 4.69) is 10.4 Å². The number of nitrogens with zero attached hydrogens (tertiary/aromatic N) is 3. The summed E-state index contributed by atoms with van der Waals surface area (Å²) in [5.41, 5.74) is 1.79. The molecule has 1 atom stereocenters. The number of carbonyl (C=O) groups excluding carboxylic acids is 1. The van der Waals surface area contributed by atoms with Gasteiger partial charge in [-0.2, -0.15) is 5.10 Å². The second kappa shape index (κ2) is 7.91. The lowest BCUT2D eigenvalue weighted by Gasteiger charge is -2.14. The standard InChI is InChI=1S/C20H20N4O4/c1-13-6-4-5-7-19(13)28-18-11-16(10-17(12-18)24(26)27)21-20(25)15(3)23-9-8-14(2)22-23/h4-12,15H,1-3H3,(H,21,25). The van der Waals surface area contributed by atoms with Crippen molar-refractivity contribution in [1.82, 2.24) is 9.78 Å². The van der Waals surface area contributed by atoms with E-state index >= 15 is 0 Å². The third-order valence-corrected chi connectivity index (χ3v) is 4.21. The van der Waals surface area contributed by atoms with Gasteiger partial charge in [-0.15, -0.1) is 0 Å². The summed E-state index contributed by atoms with van der Waals surface area (Å²) < 4.78 is 7.33. The van der Waals surface area contributed by atoms with Gasteiger partial charge in [-0.25, -0.2) is 0 Å². The van der Waals surface area contributed by atoms with Crippen molar-refractivity contribution < 1.29 is 14.5 Å². The van der Waals surface area contributed by atoms with E-state index in [1.54, 1.807) is 31.3 Å². The number of ether oxygens (including phenoxy) is 1. The van der Waals surface area contributed by atoms with Crippen LogP contribution in [-0.2, 0) is 4.79 Å². The minimum absolute atomic E-state index is 0.177. The molecular formula is C20H20N4O4. The van der Waals surface area contributed by atoms with Gasteiger partial charge in [-0.05, 0) is 38.5 Å². The van der Waals surface area contributed by atoms with Crippen LogP contribution in [0.25, 0.3) is 0 Å². The largest absolute Gasteiger partial charge is 0.457 e. The SMILES string of the molecule is Cc1ccn(C(C)C(=O)Nc2cc(Oc3ccccc3C)cc([N+](=O)[O-])c2)n1. The number of non-ortho nitro benzene ring substituents is 1. The quantitative estimate of drug-likeness (QED) is 0.505. The van der Waals surface area contributed by atoms with Gasteiger partial charge in [0, 0.05) is 18.3 Å². The normalized spacial score (nSPS) is 11.7. The molecule has 0 aliphatic rings. The maximum Gasteiger partial charge on any atom is 0.275 e. The predicted octanol–water partition coefficient (Wildman–Crippen LogP) is 4.40. The number of nitro groups is 1. The van der Waals surface area contributed by atoms with Gasteiger partial charge < -0.3 is 10.1 Å². The van der Waals surface area contributed by atoms with Gasteiger partial charge in [-0.3, -0.25) is 19.6 Å². The molecule has 1 amide bonds. The molecule has 2 aromatic carbocycles. The zero-order chi connectivity index (χ0) is 20.3. The Labute approximate surface area is 161 Å². The number of hydrogen-bond donors (Lipinski definition) is 1. The third kappa shape index (κ3) is 4.35. The first-order valence-electron chi connectivity index (χ1n) is 8.69. The van der Waals surface area contributed by atoms with Crippen LogP contribution < -0.4 is 10.1 Å². The van der Waals surface area contributed by atoms with Crippen molar-refractivity contribution in [2.45, 2.75) is 26.8 Å². The number of benzene rings is 2. The van der Waals surface area contributed by atoms with E-state index < -0.39 is 11.0 Å². The first-order chi connectivity index (χ1) is 13.3. The highest BCUT2D eigenvalue weighted by Crippen LogP contribution is 2.31. The molecule has 0 fully saturated rings. The van der Waals surface area contributed by atoms with Gasteiger partial charge in [0.2, 0.25) is 5.91 Å². The molecule has 0 bridgehead atoms. The van der Waals surface area contributed by atoms with Crippen molar-refractivity contribution in [1.29, 1.82) is 0 Å². The van der Waals surface area contributed by atoms with E-state index in [0.29, 0.717) is 5.75 Å². The highest BCUT2D eigenvalue weighted by molar-refractivity contribution is 5.94. The van der Waals surface area contributed by atoms with Gasteiger partial charge in [0.15, 0.2) is 0 Å². The Bertz CT molecular complexity index is 1030. The number of amides is 1. The molecule has 3 rings (SSSR count). The molecule has 0 saturated heterocycles. The molecule has 28 heavy (non-hydrogen) atoms. The maximum absolute atomic E-state index is 12.5. The topological polar surface area (TPSA) is 99.3 Å². The molecule has 8 heteroatoms. The van der Waals surface area contributed by atoms with Crippen molar-refractivity contribution in [3.63, 3.8) is 0 Å². The summed E-state index contributed by atoms with van der Waals surface area (Å²) in [4.78, 5) is 23.3. The lowest BCUT2D eigenvalue weighted by atomic mass is 10.2. The van der Waals surface area contributed by atoms with Crippen LogP contribution in [0.1, 0.15) is 24.2 Å². The molecular weight excluding hydrogens is 360 g/mol. The first kappa shape index (κ1) is 19.1. The molecule has 0 aliphatic heterocycles. The zero-order valence-corrected chi connectivity index (χ0v) is 15.7. The smallest absolute Gasteiger partial charge is 0.275 e. The van der Waals surface area contributed by atoms with E-state index in [0.717, 1.165) is 11.3 Å². The van der Waals surface area contributed by atoms with Gasteiger partial charge in [0.1, 0.15) is 17.5 Å². The van der Waals surface area contributed by atoms with Crippen LogP contribution in [0.5, 0.6) is 11.5 Å². The fourth-order valence-corrected chi connectivity index (χ4v) is 2.63. The number of carbonyl (C=O) groups is 1. The van der Waals surface area contributed by atoms with Crippen molar-refractivity contribution >= 4 is 17.3 Å². The van der Waals surface area contributed by atoms with Gasteiger partial charge in [0.05, 0.1) is 22.4 Å². The Kier molecular flexibility index (Phi) is 5.39. The van der Waals surface area contributed by atoms with Crippen molar-refractivity contribution in [3.8, 4) is 11.5 Å². The summed E-state index contributed by atoms with van der Waals surface area (Å²) in [6, 6.07) is 12.7. The molecule has 1 aromatic heterocycles. The Balaban J connectivity index is 1.86. The number of anilines is 1. The molecule has 0 aliphatic carbocycles. The minimum Gasteiger partial charge on any atom is -0.457 e. The van der Waals surface area contributed by atoms with Crippen LogP contribution in [-0.4, -0.2) is 20.6 Å². The van der Waals surface area contributed by atoms with Crippen molar-refractivity contribution in [3.05, 3.63) is 76.1 Å². The monoisotopic (exact) mass is 380 g/mol. The lowest BCUT2D eigenvalue weighted by Crippen LogP contribution is -2.24. The van der Waals surface area contributed by atoms with Gasteiger partial charge in [0.25, 0.3) is 5.69 Å². The van der Waals surface area contributed by atoms with Crippen LogP contribution >= 0.6 is 0 Å². The molecule has 0 saturated carbocycles. The van der Waals surface area contributed by atoms with Crippen LogP contribution in [0, 0.1) is 24.0 Å². The second-order valence-corrected chi connectivity index (χ2v) is 6.44. The highest BCUT2D eigenvalue weighted by atomic mass is 16.6. The summed E-state index contributed by atoms with van der Waals surface area (Å²) in [6.07, 6.45) is 1.71. The number of aryl methyl sites for hydroxylation is 2. The summed E-state index contributed by atoms with van der Waals surface area (Å²) in [6.45, 7) is 5.41. The van der Waals surface area contributed by atoms with E-state index in [9.17, 15) is 14.9 Å². The number of nitrogens with one attached hydrogen (secondary N) is 1. The van der Waals surface area contributed by atoms with Crippen molar-refractivity contribution in [2.75, 3.05) is 5.32 Å². The van der Waals surface area contributed by atoms with E-state index in [4.69, 9.17) is 4.74 Å². The second-order valence-electron chi connectivity index (χ2n) is 6.44. The molecule has 0 spiro atoms. The molecule has 8 nitrogen and oxygen atoms in total. The summed E-state index contributed by atoms with van der Waals surface area (Å²) >= 11 is 0. The van der Waals surface area contributed by atoms with E-state index in [1.165, 1.54) is 16.8 Å². The average molecular weight is 380 g/mol. The number of hydrogen-bond acceptors (Lipinski definition) is 5. The summed E-state index contributed by atoms with van der Waals surface area (Å²) in [7, 11) is 0. The van der Waals surface area contributed by atoms with E-state index in [-0.39, 0.29) is 23.0 Å². The van der Waals surface area contributed by atoms with Crippen LogP contribution in [0.2, 0.25) is 0 Å². The van der Waals surface area contributed by atoms with Gasteiger partial charge in [-0.1, -0.05) is 18.2 Å². The minimum atomic E-state index is -0.575. The fraction of sp³-hybridized carbons (Fsp3) is 0.200. The molecule has 0 radical (unpaired) electrons. The van der Waals surface area contributed by atoms with E-state index in [1.807, 2.05) is 32.0 Å². The lowest BCUT2D eigenvalue weighted by molar-refractivity contribution is -0.384. The maximum atomic E-state index is 12.5. The Morgan fingerprint density at radius 2 is 1.96 bits per heavy atom. The first-order valence-corrected chi connectivity index (χ1v) is 8.69. The Morgan fingerprint density at radius 1 is 1.21 bits per heavy atom. The number of para-hydroxylation sites is 1. The summed E-state index contributed by atoms with van der Waals surface area (Å²) in [5, 5.41) is 18.2. The van der Waals surface area contributed by atoms with Gasteiger partial charge >= 0.3 is 0 Å². The molecule has 1 unspecified atom stereocenters. The van der Waals surface area contributed by atoms with Crippen LogP contribution in [0.4, 0.5) is 11.4 Å². The predicted molar refractivity (Wildman–Crippen MR) is 105 cm³/mol. The zero-order valence-electron chi connectivity index (χ0n) is 15.7. The number of rotatable bonds is 6. The highest BCUT2D eigenvalue weighted by Gasteiger charge is 2.18. The van der Waals surface area contributed by atoms with Crippen molar-refractivity contribution in [2.24, 2.45) is 0 Å². The van der Waals surface area contributed by atoms with Crippen LogP contribution in [0.15, 0.2) is 54.7 Å². The molecule has 1 heterocycles. The molecule has 3 aromatic rings. The number of nitro benzene ring substituents is 1. The van der Waals surface area contributed by atoms with Crippen LogP contribution in [0.3, 0.4) is 0 Å². The Hall–Kier alpha value is -3.68. The third-order valence-electron chi connectivity index (χ3n) is 4.21. The fourth-order valence-electron chi connectivity index (χ4n) is 2.63. The number of aromatic nitrogens is 2. The molecule has 144 valence electrons. The average Bonchev–Trinajstić information content (AvgIpc) is 3.09.